The van der Waals surface area contributed by atoms with Crippen LogP contribution in [0.15, 0.2) is 154 Å². The van der Waals surface area contributed by atoms with Gasteiger partial charge in [-0.05, 0) is 71.6 Å². The van der Waals surface area contributed by atoms with Crippen LogP contribution in [0.5, 0.6) is 0 Å². The zero-order valence-corrected chi connectivity index (χ0v) is 23.9. The summed E-state index contributed by atoms with van der Waals surface area (Å²) in [5.41, 5.74) is 13.0. The van der Waals surface area contributed by atoms with Gasteiger partial charge >= 0.3 is 0 Å². The van der Waals surface area contributed by atoms with Gasteiger partial charge in [-0.25, -0.2) is 0 Å². The second-order valence-electron chi connectivity index (χ2n) is 11.3. The highest BCUT2D eigenvalue weighted by atomic mass is 32.2. The Kier molecular flexibility index (Phi) is 4.74. The first kappa shape index (κ1) is 23.4. The van der Waals surface area contributed by atoms with E-state index >= 15 is 0 Å². The minimum Gasteiger partial charge on any atom is -0.454 e. The summed E-state index contributed by atoms with van der Waals surface area (Å²) in [7, 11) is 0. The van der Waals surface area contributed by atoms with Crippen molar-refractivity contribution in [1.29, 1.82) is 0 Å². The number of benzene rings is 6. The van der Waals surface area contributed by atoms with E-state index in [0.29, 0.717) is 0 Å². The Balaban J connectivity index is 1.37. The minimum absolute atomic E-state index is 0.153. The first-order valence-electron chi connectivity index (χ1n) is 14.6. The van der Waals surface area contributed by atoms with Gasteiger partial charge in [0.2, 0.25) is 6.71 Å². The molecule has 0 radical (unpaired) electrons. The van der Waals surface area contributed by atoms with Gasteiger partial charge in [-0.2, -0.15) is 0 Å². The van der Waals surface area contributed by atoms with Crippen molar-refractivity contribution in [2.75, 3.05) is 4.90 Å². The van der Waals surface area contributed by atoms with E-state index in [4.69, 9.17) is 4.42 Å². The van der Waals surface area contributed by atoms with Crippen LogP contribution in [0.1, 0.15) is 0 Å². The fraction of sp³-hybridized carbons (Fsp3) is 0. The first-order chi connectivity index (χ1) is 21.3. The van der Waals surface area contributed by atoms with Gasteiger partial charge in [0.1, 0.15) is 11.1 Å². The molecule has 0 N–H and O–H groups in total. The molecule has 2 aliphatic heterocycles. The molecule has 2 aliphatic rings. The molecular weight excluding hydrogens is 543 g/mol. The smallest absolute Gasteiger partial charge is 0.249 e. The summed E-state index contributed by atoms with van der Waals surface area (Å²) in [6.07, 6.45) is 0. The number of anilines is 3. The predicted octanol–water partition coefficient (Wildman–Crippen LogP) is 8.29. The number of rotatable bonds is 3. The van der Waals surface area contributed by atoms with Crippen molar-refractivity contribution in [3.8, 4) is 5.69 Å². The van der Waals surface area contributed by atoms with Crippen molar-refractivity contribution in [3.05, 3.63) is 140 Å². The molecular formula is C38H23BN2OS. The molecule has 200 valence electrons. The molecule has 3 nitrogen and oxygen atoms in total. The molecule has 0 aliphatic carbocycles. The van der Waals surface area contributed by atoms with Gasteiger partial charge < -0.3 is 13.9 Å². The maximum Gasteiger partial charge on any atom is 0.249 e. The number of aromatic nitrogens is 1. The fourth-order valence-electron chi connectivity index (χ4n) is 7.31. The number of hydrogen-bond acceptors (Lipinski definition) is 3. The Morgan fingerprint density at radius 2 is 1.23 bits per heavy atom. The third-order valence-electron chi connectivity index (χ3n) is 9.01. The van der Waals surface area contributed by atoms with Crippen molar-refractivity contribution in [1.82, 2.24) is 4.57 Å². The molecule has 0 spiro atoms. The average molecular weight is 566 g/mol. The van der Waals surface area contributed by atoms with Gasteiger partial charge in [-0.15, -0.1) is 0 Å². The summed E-state index contributed by atoms with van der Waals surface area (Å²) in [6.45, 7) is 0.153. The van der Waals surface area contributed by atoms with E-state index in [1.165, 1.54) is 42.8 Å². The van der Waals surface area contributed by atoms with Gasteiger partial charge in [0.25, 0.3) is 0 Å². The van der Waals surface area contributed by atoms with Crippen molar-refractivity contribution < 1.29 is 4.42 Å². The monoisotopic (exact) mass is 566 g/mol. The summed E-state index contributed by atoms with van der Waals surface area (Å²) in [6, 6.07) is 50.2. The summed E-state index contributed by atoms with van der Waals surface area (Å²) >= 11 is 1.89. The molecule has 0 fully saturated rings. The lowest BCUT2D eigenvalue weighted by Crippen LogP contribution is -2.58. The lowest BCUT2D eigenvalue weighted by Gasteiger charge is -2.35. The largest absolute Gasteiger partial charge is 0.454 e. The van der Waals surface area contributed by atoms with Crippen molar-refractivity contribution >= 4 is 84.9 Å². The molecule has 0 amide bonds. The lowest BCUT2D eigenvalue weighted by atomic mass is 9.35. The van der Waals surface area contributed by atoms with Crippen LogP contribution in [0, 0.1) is 0 Å². The predicted molar refractivity (Wildman–Crippen MR) is 180 cm³/mol. The third kappa shape index (κ3) is 3.17. The van der Waals surface area contributed by atoms with Crippen LogP contribution in [0.25, 0.3) is 38.7 Å². The topological polar surface area (TPSA) is 21.3 Å². The second kappa shape index (κ2) is 8.70. The minimum atomic E-state index is 0.153. The van der Waals surface area contributed by atoms with Gasteiger partial charge in [0.05, 0.1) is 5.52 Å². The number of fused-ring (bicyclic) bond motifs is 9. The van der Waals surface area contributed by atoms with Crippen LogP contribution < -0.4 is 21.3 Å². The average Bonchev–Trinajstić information content (AvgIpc) is 3.60. The van der Waals surface area contributed by atoms with Crippen molar-refractivity contribution in [2.24, 2.45) is 0 Å². The highest BCUT2D eigenvalue weighted by molar-refractivity contribution is 8.00. The van der Waals surface area contributed by atoms with Crippen LogP contribution in [0.2, 0.25) is 0 Å². The van der Waals surface area contributed by atoms with E-state index in [0.717, 1.165) is 39.1 Å². The second-order valence-corrected chi connectivity index (χ2v) is 12.4. The van der Waals surface area contributed by atoms with E-state index < -0.39 is 0 Å². The Labute approximate surface area is 253 Å². The fourth-order valence-corrected chi connectivity index (χ4v) is 8.51. The Morgan fingerprint density at radius 1 is 0.558 bits per heavy atom. The molecule has 4 heterocycles. The maximum atomic E-state index is 6.61. The van der Waals surface area contributed by atoms with Crippen LogP contribution in [0.4, 0.5) is 17.1 Å². The van der Waals surface area contributed by atoms with Gasteiger partial charge in [-0.3, -0.25) is 0 Å². The molecule has 0 saturated carbocycles. The highest BCUT2D eigenvalue weighted by Crippen LogP contribution is 2.45. The molecule has 0 unspecified atom stereocenters. The van der Waals surface area contributed by atoms with Crippen LogP contribution in [-0.4, -0.2) is 11.3 Å². The summed E-state index contributed by atoms with van der Waals surface area (Å²) in [5, 5.41) is 2.31. The highest BCUT2D eigenvalue weighted by Gasteiger charge is 2.40. The molecule has 0 atom stereocenters. The molecule has 0 saturated heterocycles. The molecule has 43 heavy (non-hydrogen) atoms. The zero-order valence-electron chi connectivity index (χ0n) is 23.1. The van der Waals surface area contributed by atoms with E-state index in [1.54, 1.807) is 0 Å². The van der Waals surface area contributed by atoms with E-state index in [2.05, 4.69) is 149 Å². The molecule has 10 rings (SSSR count). The Morgan fingerprint density at radius 3 is 2.05 bits per heavy atom. The number of hydrogen-bond donors (Lipinski definition) is 0. The van der Waals surface area contributed by atoms with E-state index in [9.17, 15) is 0 Å². The molecule has 2 aromatic heterocycles. The van der Waals surface area contributed by atoms with Gasteiger partial charge in [-0.1, -0.05) is 96.1 Å². The molecule has 8 aromatic rings. The molecule has 0 bridgehead atoms. The summed E-state index contributed by atoms with van der Waals surface area (Å²) < 4.78 is 9.10. The number of furan rings is 1. The lowest BCUT2D eigenvalue weighted by molar-refractivity contribution is 0.673. The Hall–Kier alpha value is -5.13. The number of nitrogens with zero attached hydrogens (tertiary/aromatic N) is 2. The maximum absolute atomic E-state index is 6.61. The third-order valence-corrected chi connectivity index (χ3v) is 10.2. The normalized spacial score (nSPS) is 13.0. The standard InChI is InChI=1S/C38H23BN2OS/c1-3-12-24(13-4-1)40(25-14-5-2-6-15-25)26-22-31-35-34(23-26)43-33-21-10-8-18-29(33)39(35)30-19-11-17-28-36(30)41(31)37-27-16-7-9-20-32(27)42-38(28)37/h1-23H. The molecule has 5 heteroatoms. The van der Waals surface area contributed by atoms with Crippen molar-refractivity contribution in [2.45, 2.75) is 9.79 Å². The van der Waals surface area contributed by atoms with Crippen LogP contribution in [-0.2, 0) is 0 Å². The summed E-state index contributed by atoms with van der Waals surface area (Å²) in [4.78, 5) is 4.99. The van der Waals surface area contributed by atoms with E-state index in [1.807, 2.05) is 11.8 Å². The van der Waals surface area contributed by atoms with Crippen molar-refractivity contribution in [3.63, 3.8) is 0 Å². The van der Waals surface area contributed by atoms with Crippen LogP contribution in [0.3, 0.4) is 0 Å². The molecule has 6 aromatic carbocycles. The van der Waals surface area contributed by atoms with Gasteiger partial charge in [0.15, 0.2) is 5.58 Å². The van der Waals surface area contributed by atoms with E-state index in [-0.39, 0.29) is 6.71 Å². The summed E-state index contributed by atoms with van der Waals surface area (Å²) in [5.74, 6) is 0. The SMILES string of the molecule is c1ccc(N(c2ccccc2)c2cc3c4c(c2)-n2c5c(cccc5c5oc6ccccc6c52)B4c2ccccc2S3)cc1. The van der Waals surface area contributed by atoms with Crippen LogP contribution >= 0.6 is 11.8 Å². The zero-order chi connectivity index (χ0) is 28.1. The quantitative estimate of drug-likeness (QED) is 0.201. The first-order valence-corrected chi connectivity index (χ1v) is 15.5. The number of para-hydroxylation sites is 4. The van der Waals surface area contributed by atoms with Gasteiger partial charge in [0, 0.05) is 43.3 Å². The Bertz CT molecular complexity index is 2350.